The van der Waals surface area contributed by atoms with Crippen LogP contribution >= 0.6 is 35.4 Å². The van der Waals surface area contributed by atoms with Crippen LogP contribution in [0.15, 0.2) is 18.2 Å². The first-order chi connectivity index (χ1) is 11.8. The van der Waals surface area contributed by atoms with Crippen LogP contribution in [0.3, 0.4) is 0 Å². The molecule has 1 aromatic heterocycles. The van der Waals surface area contributed by atoms with Crippen LogP contribution in [0.1, 0.15) is 17.9 Å². The van der Waals surface area contributed by atoms with Gasteiger partial charge in [-0.1, -0.05) is 17.7 Å². The SMILES string of the molecule is CCOC(=S)C(Cl)c1ccc(F)c(-c2nn(C)c(OC(F)F)c2Cl)c1. The van der Waals surface area contributed by atoms with E-state index in [0.29, 0.717) is 12.2 Å². The van der Waals surface area contributed by atoms with E-state index in [0.717, 1.165) is 10.7 Å². The Morgan fingerprint density at radius 3 is 2.68 bits per heavy atom. The number of hydrogen-bond acceptors (Lipinski definition) is 4. The van der Waals surface area contributed by atoms with Crippen molar-refractivity contribution in [3.8, 4) is 17.1 Å². The second kappa shape index (κ2) is 8.25. The second-order valence-corrected chi connectivity index (χ2v) is 6.04. The van der Waals surface area contributed by atoms with E-state index in [1.54, 1.807) is 6.92 Å². The molecule has 2 aromatic rings. The van der Waals surface area contributed by atoms with Gasteiger partial charge in [-0.3, -0.25) is 0 Å². The first kappa shape index (κ1) is 19.8. The third kappa shape index (κ3) is 4.37. The molecule has 0 aliphatic rings. The largest absolute Gasteiger partial charge is 0.485 e. The van der Waals surface area contributed by atoms with E-state index in [-0.39, 0.29) is 27.2 Å². The predicted octanol–water partition coefficient (Wildman–Crippen LogP) is 5.12. The van der Waals surface area contributed by atoms with Gasteiger partial charge >= 0.3 is 6.61 Å². The zero-order valence-electron chi connectivity index (χ0n) is 13.1. The van der Waals surface area contributed by atoms with Crippen LogP contribution in [-0.2, 0) is 11.8 Å². The molecule has 136 valence electrons. The summed E-state index contributed by atoms with van der Waals surface area (Å²) in [5.74, 6) is -1.03. The molecule has 0 bridgehead atoms. The summed E-state index contributed by atoms with van der Waals surface area (Å²) in [4.78, 5) is 0. The van der Waals surface area contributed by atoms with Gasteiger partial charge in [0.25, 0.3) is 0 Å². The Kier molecular flexibility index (Phi) is 6.53. The van der Waals surface area contributed by atoms with E-state index >= 15 is 0 Å². The van der Waals surface area contributed by atoms with Gasteiger partial charge in [0.15, 0.2) is 5.05 Å². The average molecular weight is 413 g/mol. The highest BCUT2D eigenvalue weighted by Crippen LogP contribution is 2.38. The van der Waals surface area contributed by atoms with Gasteiger partial charge in [-0.05, 0) is 36.8 Å². The number of alkyl halides is 3. The monoisotopic (exact) mass is 412 g/mol. The molecule has 0 spiro atoms. The molecular formula is C15H13Cl2F3N2O2S. The van der Waals surface area contributed by atoms with E-state index in [1.807, 2.05) is 0 Å². The summed E-state index contributed by atoms with van der Waals surface area (Å²) in [5.41, 5.74) is 0.382. The van der Waals surface area contributed by atoms with Crippen molar-refractivity contribution >= 4 is 40.5 Å². The lowest BCUT2D eigenvalue weighted by Crippen LogP contribution is -2.09. The lowest BCUT2D eigenvalue weighted by molar-refractivity contribution is -0.0552. The van der Waals surface area contributed by atoms with Crippen molar-refractivity contribution in [3.05, 3.63) is 34.6 Å². The number of nitrogens with zero attached hydrogens (tertiary/aromatic N) is 2. The van der Waals surface area contributed by atoms with E-state index in [4.69, 9.17) is 40.2 Å². The van der Waals surface area contributed by atoms with Crippen molar-refractivity contribution in [3.63, 3.8) is 0 Å². The fourth-order valence-corrected chi connectivity index (χ4v) is 2.86. The Morgan fingerprint density at radius 1 is 1.40 bits per heavy atom. The summed E-state index contributed by atoms with van der Waals surface area (Å²) in [6.07, 6.45) is 0. The number of halogens is 5. The molecule has 4 nitrogen and oxygen atoms in total. The molecule has 1 heterocycles. The van der Waals surface area contributed by atoms with Crippen LogP contribution in [-0.4, -0.2) is 28.0 Å². The van der Waals surface area contributed by atoms with E-state index in [9.17, 15) is 13.2 Å². The Bertz CT molecular complexity index is 786. The Hall–Kier alpha value is -1.51. The highest BCUT2D eigenvalue weighted by molar-refractivity contribution is 7.80. The zero-order chi connectivity index (χ0) is 18.7. The molecule has 25 heavy (non-hydrogen) atoms. The third-order valence-corrected chi connectivity index (χ3v) is 4.45. The molecule has 0 radical (unpaired) electrons. The molecule has 0 fully saturated rings. The fraction of sp³-hybridized carbons (Fsp3) is 0.333. The van der Waals surface area contributed by atoms with Crippen molar-refractivity contribution in [2.24, 2.45) is 7.05 Å². The van der Waals surface area contributed by atoms with E-state index in [1.165, 1.54) is 19.2 Å². The molecule has 0 N–H and O–H groups in total. The fourth-order valence-electron chi connectivity index (χ4n) is 2.10. The maximum atomic E-state index is 14.2. The van der Waals surface area contributed by atoms with Gasteiger partial charge in [0.2, 0.25) is 5.88 Å². The molecule has 1 atom stereocenters. The summed E-state index contributed by atoms with van der Waals surface area (Å²) in [5, 5.41) is 3.05. The molecule has 0 amide bonds. The number of aryl methyl sites for hydroxylation is 1. The number of aromatic nitrogens is 2. The minimum atomic E-state index is -3.09. The maximum Gasteiger partial charge on any atom is 0.388 e. The van der Waals surface area contributed by atoms with Crippen molar-refractivity contribution < 1.29 is 22.6 Å². The van der Waals surface area contributed by atoms with Gasteiger partial charge in [-0.25, -0.2) is 9.07 Å². The molecule has 0 saturated carbocycles. The van der Waals surface area contributed by atoms with Crippen LogP contribution in [0.2, 0.25) is 5.02 Å². The predicted molar refractivity (Wildman–Crippen MR) is 93.1 cm³/mol. The molecule has 10 heteroatoms. The highest BCUT2D eigenvalue weighted by atomic mass is 35.5. The summed E-state index contributed by atoms with van der Waals surface area (Å²) >= 11 is 17.3. The molecule has 1 unspecified atom stereocenters. The van der Waals surface area contributed by atoms with Gasteiger partial charge in [0, 0.05) is 12.6 Å². The van der Waals surface area contributed by atoms with Gasteiger partial charge in [-0.2, -0.15) is 13.9 Å². The van der Waals surface area contributed by atoms with Crippen LogP contribution in [0, 0.1) is 5.82 Å². The van der Waals surface area contributed by atoms with Crippen LogP contribution < -0.4 is 4.74 Å². The molecule has 0 aliphatic heterocycles. The van der Waals surface area contributed by atoms with E-state index < -0.39 is 17.8 Å². The Morgan fingerprint density at radius 2 is 2.08 bits per heavy atom. The van der Waals surface area contributed by atoms with Gasteiger partial charge in [-0.15, -0.1) is 11.6 Å². The highest BCUT2D eigenvalue weighted by Gasteiger charge is 2.24. The normalized spacial score (nSPS) is 12.3. The van der Waals surface area contributed by atoms with Crippen molar-refractivity contribution in [1.29, 1.82) is 0 Å². The lowest BCUT2D eigenvalue weighted by atomic mass is 10.1. The van der Waals surface area contributed by atoms with Gasteiger partial charge < -0.3 is 9.47 Å². The van der Waals surface area contributed by atoms with Crippen molar-refractivity contribution in [2.75, 3.05) is 6.61 Å². The van der Waals surface area contributed by atoms with Crippen LogP contribution in [0.5, 0.6) is 5.88 Å². The van der Waals surface area contributed by atoms with Crippen molar-refractivity contribution in [1.82, 2.24) is 9.78 Å². The van der Waals surface area contributed by atoms with Crippen LogP contribution in [0.25, 0.3) is 11.3 Å². The average Bonchev–Trinajstić information content (AvgIpc) is 2.82. The quantitative estimate of drug-likeness (QED) is 0.486. The lowest BCUT2D eigenvalue weighted by Gasteiger charge is -2.13. The van der Waals surface area contributed by atoms with Gasteiger partial charge in [0.1, 0.15) is 21.9 Å². The molecule has 1 aromatic carbocycles. The number of thiocarbonyl (C=S) groups is 1. The standard InChI is InChI=1S/C15H13Cl2F3N2O2S/c1-3-23-14(25)10(16)7-4-5-9(18)8(6-7)12-11(17)13(22(2)21-12)24-15(19)20/h4-6,10,15H,3H2,1-2H3. The molecule has 2 rings (SSSR count). The molecular weight excluding hydrogens is 400 g/mol. The minimum absolute atomic E-state index is 0.0211. The maximum absolute atomic E-state index is 14.2. The summed E-state index contributed by atoms with van der Waals surface area (Å²) < 4.78 is 49.7. The van der Waals surface area contributed by atoms with Crippen LogP contribution in [0.4, 0.5) is 13.2 Å². The van der Waals surface area contributed by atoms with Crippen molar-refractivity contribution in [2.45, 2.75) is 18.9 Å². The molecule has 0 saturated heterocycles. The summed E-state index contributed by atoms with van der Waals surface area (Å²) in [6.45, 7) is -0.992. The number of hydrogen-bond donors (Lipinski definition) is 0. The summed E-state index contributed by atoms with van der Waals surface area (Å²) in [7, 11) is 1.35. The van der Waals surface area contributed by atoms with Gasteiger partial charge in [0.05, 0.1) is 6.61 Å². The Balaban J connectivity index is 2.46. The third-order valence-electron chi connectivity index (χ3n) is 3.17. The first-order valence-electron chi connectivity index (χ1n) is 7.04. The Labute approximate surface area is 157 Å². The minimum Gasteiger partial charge on any atom is -0.485 e. The molecule has 0 aliphatic carbocycles. The second-order valence-electron chi connectivity index (χ2n) is 4.82. The summed E-state index contributed by atoms with van der Waals surface area (Å²) in [6, 6.07) is 3.99. The first-order valence-corrected chi connectivity index (χ1v) is 8.26. The van der Waals surface area contributed by atoms with E-state index in [2.05, 4.69) is 9.84 Å². The smallest absolute Gasteiger partial charge is 0.388 e. The topological polar surface area (TPSA) is 36.3 Å². The zero-order valence-corrected chi connectivity index (χ0v) is 15.4. The number of benzene rings is 1. The number of ether oxygens (including phenoxy) is 2. The number of rotatable bonds is 6.